The van der Waals surface area contributed by atoms with Crippen molar-refractivity contribution in [1.29, 1.82) is 0 Å². The molecule has 1 N–H and O–H groups in total. The minimum atomic E-state index is -0.755. The van der Waals surface area contributed by atoms with E-state index in [1.807, 2.05) is 29.8 Å². The maximum Gasteiger partial charge on any atom is 0.295 e. The molecule has 1 saturated heterocycles. The van der Waals surface area contributed by atoms with E-state index in [-0.39, 0.29) is 11.3 Å². The van der Waals surface area contributed by atoms with E-state index in [4.69, 9.17) is 4.42 Å². The number of aliphatic hydroxyl groups is 1. The second-order valence-electron chi connectivity index (χ2n) is 7.03. The monoisotopic (exact) mass is 391 g/mol. The predicted molar refractivity (Wildman–Crippen MR) is 106 cm³/mol. The van der Waals surface area contributed by atoms with Crippen molar-refractivity contribution in [2.75, 3.05) is 6.54 Å². The molecule has 7 nitrogen and oxygen atoms in total. The van der Waals surface area contributed by atoms with Crippen molar-refractivity contribution in [3.05, 3.63) is 83.8 Å². The summed E-state index contributed by atoms with van der Waals surface area (Å²) in [6.45, 7) is 2.94. The molecule has 3 aromatic rings. The molecule has 0 aliphatic carbocycles. The number of carbonyl (C=O) groups is 2. The van der Waals surface area contributed by atoms with Gasteiger partial charge in [-0.15, -0.1) is 0 Å². The highest BCUT2D eigenvalue weighted by Gasteiger charge is 2.47. The molecule has 1 atom stereocenters. The van der Waals surface area contributed by atoms with Gasteiger partial charge in [0.25, 0.3) is 11.7 Å². The Balaban J connectivity index is 1.68. The Bertz CT molecular complexity index is 1030. The number of furan rings is 1. The second kappa shape index (κ2) is 7.79. The number of hydrogen-bond acceptors (Lipinski definition) is 5. The molecule has 1 amide bonds. The third kappa shape index (κ3) is 3.59. The Labute approximate surface area is 167 Å². The van der Waals surface area contributed by atoms with Crippen molar-refractivity contribution in [3.8, 4) is 0 Å². The van der Waals surface area contributed by atoms with Gasteiger partial charge in [0.1, 0.15) is 17.6 Å². The minimum Gasteiger partial charge on any atom is -0.507 e. The standard InChI is InChI=1S/C22H21N3O4/c1-15-5-7-16(8-6-15)20(26)18-19(17-4-2-13-29-17)25(22(28)21(18)27)11-3-10-24-12-9-23-14-24/h2,4-9,12-14,19,26H,3,10-11H2,1H3/b20-18+/t19-/m0/s1. The molecule has 0 spiro atoms. The molecule has 1 aliphatic heterocycles. The molecule has 29 heavy (non-hydrogen) atoms. The molecule has 7 heteroatoms. The lowest BCUT2D eigenvalue weighted by atomic mass is 9.99. The zero-order valence-corrected chi connectivity index (χ0v) is 16.0. The van der Waals surface area contributed by atoms with Crippen molar-refractivity contribution in [1.82, 2.24) is 14.5 Å². The summed E-state index contributed by atoms with van der Waals surface area (Å²) in [5, 5.41) is 10.9. The quantitative estimate of drug-likeness (QED) is 0.396. The van der Waals surface area contributed by atoms with Crippen LogP contribution >= 0.6 is 0 Å². The van der Waals surface area contributed by atoms with E-state index in [0.717, 1.165) is 5.56 Å². The van der Waals surface area contributed by atoms with E-state index in [0.29, 0.717) is 30.8 Å². The first-order chi connectivity index (χ1) is 14.1. The third-order valence-corrected chi connectivity index (χ3v) is 5.05. The Kier molecular flexibility index (Phi) is 5.03. The molecule has 1 aliphatic rings. The normalized spacial score (nSPS) is 18.5. The van der Waals surface area contributed by atoms with Gasteiger partial charge in [0.15, 0.2) is 0 Å². The lowest BCUT2D eigenvalue weighted by molar-refractivity contribution is -0.140. The summed E-state index contributed by atoms with van der Waals surface area (Å²) in [6, 6.07) is 9.81. The number of aromatic nitrogens is 2. The SMILES string of the molecule is Cc1ccc(/C(O)=C2\C(=O)C(=O)N(CCCn3ccnc3)[C@H]2c2ccco2)cc1. The number of Topliss-reactive ketones (excluding diaryl/α,β-unsaturated/α-hetero) is 1. The first kappa shape index (κ1) is 18.7. The molecule has 1 aromatic carbocycles. The van der Waals surface area contributed by atoms with Gasteiger partial charge in [-0.05, 0) is 25.5 Å². The Hall–Kier alpha value is -3.61. The highest BCUT2D eigenvalue weighted by atomic mass is 16.3. The molecule has 0 bridgehead atoms. The summed E-state index contributed by atoms with van der Waals surface area (Å²) in [5.74, 6) is -1.08. The minimum absolute atomic E-state index is 0.0523. The van der Waals surface area contributed by atoms with Crippen LogP contribution in [0.1, 0.15) is 29.3 Å². The van der Waals surface area contributed by atoms with Gasteiger partial charge in [-0.25, -0.2) is 4.98 Å². The van der Waals surface area contributed by atoms with Gasteiger partial charge in [-0.1, -0.05) is 29.8 Å². The molecule has 0 unspecified atom stereocenters. The Morgan fingerprint density at radius 1 is 1.17 bits per heavy atom. The molecule has 3 heterocycles. The average molecular weight is 391 g/mol. The number of rotatable bonds is 6. The highest BCUT2D eigenvalue weighted by molar-refractivity contribution is 6.46. The van der Waals surface area contributed by atoms with Crippen LogP contribution < -0.4 is 0 Å². The van der Waals surface area contributed by atoms with Gasteiger partial charge >= 0.3 is 0 Å². The number of aliphatic hydroxyl groups excluding tert-OH is 1. The number of carbonyl (C=O) groups excluding carboxylic acids is 2. The van der Waals surface area contributed by atoms with Crippen LogP contribution in [0.2, 0.25) is 0 Å². The van der Waals surface area contributed by atoms with Crippen molar-refractivity contribution in [2.24, 2.45) is 0 Å². The van der Waals surface area contributed by atoms with Gasteiger partial charge < -0.3 is 19.0 Å². The highest BCUT2D eigenvalue weighted by Crippen LogP contribution is 2.39. The molecule has 0 radical (unpaired) electrons. The van der Waals surface area contributed by atoms with Crippen LogP contribution in [0.3, 0.4) is 0 Å². The van der Waals surface area contributed by atoms with Crippen LogP contribution in [-0.4, -0.2) is 37.8 Å². The van der Waals surface area contributed by atoms with Crippen LogP contribution in [0.4, 0.5) is 0 Å². The van der Waals surface area contributed by atoms with Gasteiger partial charge in [0, 0.05) is 31.0 Å². The zero-order chi connectivity index (χ0) is 20.4. The summed E-state index contributed by atoms with van der Waals surface area (Å²) in [4.78, 5) is 31.1. The Morgan fingerprint density at radius 3 is 2.62 bits per heavy atom. The number of aryl methyl sites for hydroxylation is 2. The lowest BCUT2D eigenvalue weighted by Gasteiger charge is -2.23. The number of amides is 1. The fraction of sp³-hybridized carbons (Fsp3) is 0.227. The number of nitrogens with zero attached hydrogens (tertiary/aromatic N) is 3. The Morgan fingerprint density at radius 2 is 1.97 bits per heavy atom. The summed E-state index contributed by atoms with van der Waals surface area (Å²) < 4.78 is 7.43. The third-order valence-electron chi connectivity index (χ3n) is 5.05. The summed E-state index contributed by atoms with van der Waals surface area (Å²) in [6.07, 6.45) is 7.36. The summed E-state index contributed by atoms with van der Waals surface area (Å²) in [5.41, 5.74) is 1.57. The summed E-state index contributed by atoms with van der Waals surface area (Å²) >= 11 is 0. The number of likely N-dealkylation sites (tertiary alicyclic amines) is 1. The molecule has 1 fully saturated rings. The van der Waals surface area contributed by atoms with Gasteiger partial charge in [0.2, 0.25) is 0 Å². The fourth-order valence-corrected chi connectivity index (χ4v) is 3.56. The van der Waals surface area contributed by atoms with Gasteiger partial charge in [-0.3, -0.25) is 9.59 Å². The summed E-state index contributed by atoms with van der Waals surface area (Å²) in [7, 11) is 0. The van der Waals surface area contributed by atoms with Crippen LogP contribution in [0.5, 0.6) is 0 Å². The lowest BCUT2D eigenvalue weighted by Crippen LogP contribution is -2.31. The molecule has 148 valence electrons. The topological polar surface area (TPSA) is 88.6 Å². The number of benzene rings is 1. The second-order valence-corrected chi connectivity index (χ2v) is 7.03. The van der Waals surface area contributed by atoms with E-state index >= 15 is 0 Å². The van der Waals surface area contributed by atoms with E-state index in [1.54, 1.807) is 36.8 Å². The molecule has 2 aromatic heterocycles. The molecular formula is C22H21N3O4. The molecular weight excluding hydrogens is 370 g/mol. The van der Waals surface area contributed by atoms with Crippen LogP contribution in [0.15, 0.2) is 71.4 Å². The van der Waals surface area contributed by atoms with Crippen LogP contribution in [0.25, 0.3) is 5.76 Å². The molecule has 4 rings (SSSR count). The van der Waals surface area contributed by atoms with E-state index in [2.05, 4.69) is 4.98 Å². The van der Waals surface area contributed by atoms with E-state index in [9.17, 15) is 14.7 Å². The maximum absolute atomic E-state index is 12.8. The largest absolute Gasteiger partial charge is 0.507 e. The zero-order valence-electron chi connectivity index (χ0n) is 16.0. The van der Waals surface area contributed by atoms with Gasteiger partial charge in [0.05, 0.1) is 18.2 Å². The number of hydrogen-bond donors (Lipinski definition) is 1. The number of imidazole rings is 1. The van der Waals surface area contributed by atoms with E-state index < -0.39 is 17.7 Å². The van der Waals surface area contributed by atoms with Crippen molar-refractivity contribution in [2.45, 2.75) is 25.9 Å². The van der Waals surface area contributed by atoms with Crippen LogP contribution in [0, 0.1) is 6.92 Å². The van der Waals surface area contributed by atoms with Crippen LogP contribution in [-0.2, 0) is 16.1 Å². The van der Waals surface area contributed by atoms with Crippen molar-refractivity contribution < 1.29 is 19.1 Å². The van der Waals surface area contributed by atoms with Gasteiger partial charge in [-0.2, -0.15) is 0 Å². The predicted octanol–water partition coefficient (Wildman–Crippen LogP) is 3.30. The van der Waals surface area contributed by atoms with E-state index in [1.165, 1.54) is 11.2 Å². The number of ketones is 1. The maximum atomic E-state index is 12.8. The first-order valence-corrected chi connectivity index (χ1v) is 9.41. The fourth-order valence-electron chi connectivity index (χ4n) is 3.56. The van der Waals surface area contributed by atoms with Crippen molar-refractivity contribution in [3.63, 3.8) is 0 Å². The molecule has 0 saturated carbocycles. The smallest absolute Gasteiger partial charge is 0.295 e. The average Bonchev–Trinajstić information content (AvgIpc) is 3.46. The first-order valence-electron chi connectivity index (χ1n) is 9.41. The van der Waals surface area contributed by atoms with Crippen molar-refractivity contribution >= 4 is 17.4 Å².